The van der Waals surface area contributed by atoms with Crippen LogP contribution in [-0.4, -0.2) is 12.6 Å². The van der Waals surface area contributed by atoms with Gasteiger partial charge in [-0.05, 0) is 18.2 Å². The predicted octanol–water partition coefficient (Wildman–Crippen LogP) is 2.84. The van der Waals surface area contributed by atoms with E-state index in [9.17, 15) is 4.79 Å². The molecule has 4 heteroatoms. The second kappa shape index (κ2) is 4.23. The smallest absolute Gasteiger partial charge is 0.303 e. The Balaban J connectivity index is 2.32. The highest BCUT2D eigenvalue weighted by atomic mass is 79.9. The van der Waals surface area contributed by atoms with Gasteiger partial charge in [-0.1, -0.05) is 15.9 Å². The molecule has 0 aromatic heterocycles. The lowest BCUT2D eigenvalue weighted by Gasteiger charge is -2.25. The maximum absolute atomic E-state index is 10.9. The molecule has 0 spiro atoms. The summed E-state index contributed by atoms with van der Waals surface area (Å²) in [6.45, 7) is 2.01. The van der Waals surface area contributed by atoms with Crippen molar-refractivity contribution in [3.63, 3.8) is 0 Å². The molecule has 0 radical (unpaired) electrons. The molecule has 0 bridgehead atoms. The normalized spacial score (nSPS) is 18.9. The molecule has 15 heavy (non-hydrogen) atoms. The monoisotopic (exact) mass is 270 g/mol. The summed E-state index contributed by atoms with van der Waals surface area (Å²) in [5.74, 6) is 0.545. The molecule has 0 aliphatic carbocycles. The Kier molecular flexibility index (Phi) is 2.95. The van der Waals surface area contributed by atoms with Gasteiger partial charge in [0.2, 0.25) is 0 Å². The first-order valence-electron chi connectivity index (χ1n) is 4.76. The number of carbonyl (C=O) groups is 1. The molecule has 0 saturated heterocycles. The lowest BCUT2D eigenvalue weighted by atomic mass is 10.0. The van der Waals surface area contributed by atoms with E-state index in [0.29, 0.717) is 13.0 Å². The van der Waals surface area contributed by atoms with Crippen LogP contribution >= 0.6 is 15.9 Å². The van der Waals surface area contributed by atoms with Crippen molar-refractivity contribution < 1.29 is 14.3 Å². The third kappa shape index (κ3) is 2.31. The number of carbonyl (C=O) groups excluding carboxylic acids is 1. The number of esters is 1. The quantitative estimate of drug-likeness (QED) is 0.737. The van der Waals surface area contributed by atoms with Crippen molar-refractivity contribution in [3.05, 3.63) is 28.2 Å². The van der Waals surface area contributed by atoms with Crippen LogP contribution in [0.25, 0.3) is 0 Å². The van der Waals surface area contributed by atoms with Gasteiger partial charge in [-0.3, -0.25) is 4.79 Å². The van der Waals surface area contributed by atoms with E-state index in [0.717, 1.165) is 15.8 Å². The van der Waals surface area contributed by atoms with Gasteiger partial charge in [0, 0.05) is 23.4 Å². The van der Waals surface area contributed by atoms with Gasteiger partial charge >= 0.3 is 5.97 Å². The number of hydrogen-bond donors (Lipinski definition) is 0. The molecule has 80 valence electrons. The van der Waals surface area contributed by atoms with Crippen molar-refractivity contribution in [2.24, 2.45) is 0 Å². The summed E-state index contributed by atoms with van der Waals surface area (Å²) in [5, 5.41) is 0. The topological polar surface area (TPSA) is 35.5 Å². The van der Waals surface area contributed by atoms with Crippen LogP contribution in [0.15, 0.2) is 22.7 Å². The van der Waals surface area contributed by atoms with Crippen LogP contribution in [0, 0.1) is 0 Å². The Labute approximate surface area is 96.5 Å². The molecule has 0 N–H and O–H groups in total. The molecule has 1 heterocycles. The lowest BCUT2D eigenvalue weighted by molar-refractivity contribution is -0.148. The van der Waals surface area contributed by atoms with Crippen molar-refractivity contribution in [2.75, 3.05) is 6.61 Å². The Bertz CT molecular complexity index is 389. The van der Waals surface area contributed by atoms with E-state index in [1.165, 1.54) is 6.92 Å². The molecule has 0 saturated carbocycles. The summed E-state index contributed by atoms with van der Waals surface area (Å²) in [5.41, 5.74) is 0.936. The minimum atomic E-state index is -0.257. The Morgan fingerprint density at radius 2 is 2.40 bits per heavy atom. The molecule has 1 atom stereocenters. The van der Waals surface area contributed by atoms with Gasteiger partial charge in [0.15, 0.2) is 0 Å². The van der Waals surface area contributed by atoms with Crippen molar-refractivity contribution >= 4 is 21.9 Å². The highest BCUT2D eigenvalue weighted by Gasteiger charge is 2.23. The fourth-order valence-electron chi connectivity index (χ4n) is 1.66. The summed E-state index contributed by atoms with van der Waals surface area (Å²) in [4.78, 5) is 10.9. The molecule has 0 fully saturated rings. The summed E-state index contributed by atoms with van der Waals surface area (Å²) in [7, 11) is 0. The zero-order chi connectivity index (χ0) is 10.8. The van der Waals surface area contributed by atoms with Crippen LogP contribution in [-0.2, 0) is 9.53 Å². The average Bonchev–Trinajstić information content (AvgIpc) is 2.18. The van der Waals surface area contributed by atoms with Gasteiger partial charge in [0.25, 0.3) is 0 Å². The van der Waals surface area contributed by atoms with Gasteiger partial charge < -0.3 is 9.47 Å². The minimum Gasteiger partial charge on any atom is -0.493 e. The van der Waals surface area contributed by atoms with E-state index in [4.69, 9.17) is 9.47 Å². The highest BCUT2D eigenvalue weighted by molar-refractivity contribution is 9.10. The summed E-state index contributed by atoms with van der Waals surface area (Å²) in [6, 6.07) is 5.73. The molecular formula is C11H11BrO3. The van der Waals surface area contributed by atoms with Gasteiger partial charge in [-0.25, -0.2) is 0 Å². The first-order chi connectivity index (χ1) is 7.16. The number of benzene rings is 1. The molecule has 1 aliphatic heterocycles. The number of ether oxygens (including phenoxy) is 2. The molecular weight excluding hydrogens is 260 g/mol. The SMILES string of the molecule is CC(=O)O[C@@H]1CCOc2ccc(Br)cc21. The van der Waals surface area contributed by atoms with Gasteiger partial charge in [0.05, 0.1) is 6.61 Å². The van der Waals surface area contributed by atoms with E-state index >= 15 is 0 Å². The zero-order valence-electron chi connectivity index (χ0n) is 8.33. The van der Waals surface area contributed by atoms with E-state index in [-0.39, 0.29) is 12.1 Å². The third-order valence-electron chi connectivity index (χ3n) is 2.26. The van der Waals surface area contributed by atoms with Crippen LogP contribution < -0.4 is 4.74 Å². The molecule has 0 unspecified atom stereocenters. The van der Waals surface area contributed by atoms with Crippen molar-refractivity contribution in [2.45, 2.75) is 19.4 Å². The van der Waals surface area contributed by atoms with E-state index < -0.39 is 0 Å². The van der Waals surface area contributed by atoms with E-state index in [2.05, 4.69) is 15.9 Å². The van der Waals surface area contributed by atoms with Crippen LogP contribution in [0.3, 0.4) is 0 Å². The summed E-state index contributed by atoms with van der Waals surface area (Å²) >= 11 is 3.39. The molecule has 1 aromatic carbocycles. The Morgan fingerprint density at radius 3 is 3.13 bits per heavy atom. The summed E-state index contributed by atoms with van der Waals surface area (Å²) < 4.78 is 11.7. The highest BCUT2D eigenvalue weighted by Crippen LogP contribution is 2.36. The number of rotatable bonds is 1. The average molecular weight is 271 g/mol. The fraction of sp³-hybridized carbons (Fsp3) is 0.364. The molecule has 1 aliphatic rings. The minimum absolute atomic E-state index is 0.177. The van der Waals surface area contributed by atoms with Crippen LogP contribution in [0.4, 0.5) is 0 Å². The third-order valence-corrected chi connectivity index (χ3v) is 2.76. The second-order valence-electron chi connectivity index (χ2n) is 3.42. The van der Waals surface area contributed by atoms with Gasteiger partial charge in [-0.15, -0.1) is 0 Å². The number of hydrogen-bond acceptors (Lipinski definition) is 3. The number of halogens is 1. The summed E-state index contributed by atoms with van der Waals surface area (Å²) in [6.07, 6.45) is 0.534. The Morgan fingerprint density at radius 1 is 1.60 bits per heavy atom. The molecule has 0 amide bonds. The zero-order valence-corrected chi connectivity index (χ0v) is 9.91. The number of fused-ring (bicyclic) bond motifs is 1. The molecule has 1 aromatic rings. The van der Waals surface area contributed by atoms with Crippen molar-refractivity contribution in [3.8, 4) is 5.75 Å². The lowest BCUT2D eigenvalue weighted by Crippen LogP contribution is -2.18. The maximum atomic E-state index is 10.9. The first kappa shape index (κ1) is 10.5. The van der Waals surface area contributed by atoms with Crippen molar-refractivity contribution in [1.29, 1.82) is 0 Å². The Hall–Kier alpha value is -1.03. The van der Waals surface area contributed by atoms with Crippen LogP contribution in [0.1, 0.15) is 25.0 Å². The largest absolute Gasteiger partial charge is 0.493 e. The molecule has 2 rings (SSSR count). The van der Waals surface area contributed by atoms with Gasteiger partial charge in [-0.2, -0.15) is 0 Å². The van der Waals surface area contributed by atoms with Gasteiger partial charge in [0.1, 0.15) is 11.9 Å². The van der Waals surface area contributed by atoms with E-state index in [1.807, 2.05) is 18.2 Å². The fourth-order valence-corrected chi connectivity index (χ4v) is 2.04. The second-order valence-corrected chi connectivity index (χ2v) is 4.33. The van der Waals surface area contributed by atoms with Crippen LogP contribution in [0.5, 0.6) is 5.75 Å². The molecule has 3 nitrogen and oxygen atoms in total. The first-order valence-corrected chi connectivity index (χ1v) is 5.55. The standard InChI is InChI=1S/C11H11BrO3/c1-7(13)15-11-4-5-14-10-3-2-8(12)6-9(10)11/h2-3,6,11H,4-5H2,1H3/t11-/m1/s1. The predicted molar refractivity (Wildman–Crippen MR) is 58.8 cm³/mol. The van der Waals surface area contributed by atoms with Crippen LogP contribution in [0.2, 0.25) is 0 Å². The maximum Gasteiger partial charge on any atom is 0.303 e. The van der Waals surface area contributed by atoms with Crippen molar-refractivity contribution in [1.82, 2.24) is 0 Å². The van der Waals surface area contributed by atoms with E-state index in [1.54, 1.807) is 0 Å².